The number of carbonyl (C=O) groups is 1. The molecular weight excluding hydrogens is 304 g/mol. The molecule has 100 valence electrons. The van der Waals surface area contributed by atoms with E-state index in [1.54, 1.807) is 0 Å². The molecule has 0 unspecified atom stereocenters. The summed E-state index contributed by atoms with van der Waals surface area (Å²) in [5, 5.41) is 2.94. The van der Waals surface area contributed by atoms with E-state index in [0.29, 0.717) is 12.1 Å². The Kier molecular flexibility index (Phi) is 4.43. The Morgan fingerprint density at radius 2 is 1.95 bits per heavy atom. The van der Waals surface area contributed by atoms with Crippen molar-refractivity contribution in [2.75, 3.05) is 6.54 Å². The van der Waals surface area contributed by atoms with Crippen LogP contribution in [0.15, 0.2) is 34.8 Å². The summed E-state index contributed by atoms with van der Waals surface area (Å²) in [4.78, 5) is 15.2. The first-order chi connectivity index (χ1) is 9.06. The number of aromatic nitrogens is 1. The maximum atomic E-state index is 11.9. The second kappa shape index (κ2) is 6.06. The van der Waals surface area contributed by atoms with Crippen molar-refractivity contribution in [3.05, 3.63) is 57.3 Å². The van der Waals surface area contributed by atoms with Crippen LogP contribution in [-0.2, 0) is 6.42 Å². The summed E-state index contributed by atoms with van der Waals surface area (Å²) < 4.78 is 0.975. The number of aromatic amines is 1. The van der Waals surface area contributed by atoms with Crippen LogP contribution in [-0.4, -0.2) is 17.4 Å². The van der Waals surface area contributed by atoms with Gasteiger partial charge in [-0.3, -0.25) is 4.79 Å². The fourth-order valence-corrected chi connectivity index (χ4v) is 2.32. The van der Waals surface area contributed by atoms with Crippen LogP contribution in [0.25, 0.3) is 0 Å². The summed E-state index contributed by atoms with van der Waals surface area (Å²) in [6.07, 6.45) is 0.846. The molecule has 0 aliphatic carbocycles. The molecule has 0 saturated carbocycles. The molecule has 2 rings (SSSR count). The normalized spacial score (nSPS) is 10.5. The van der Waals surface area contributed by atoms with Crippen LogP contribution in [0, 0.1) is 13.8 Å². The first-order valence-electron chi connectivity index (χ1n) is 6.25. The smallest absolute Gasteiger partial charge is 0.251 e. The maximum absolute atomic E-state index is 11.9. The quantitative estimate of drug-likeness (QED) is 0.891. The predicted molar refractivity (Wildman–Crippen MR) is 80.4 cm³/mol. The number of hydrogen-bond donors (Lipinski definition) is 2. The maximum Gasteiger partial charge on any atom is 0.251 e. The minimum Gasteiger partial charge on any atom is -0.362 e. The largest absolute Gasteiger partial charge is 0.362 e. The zero-order chi connectivity index (χ0) is 13.8. The van der Waals surface area contributed by atoms with Gasteiger partial charge in [0.1, 0.15) is 0 Å². The van der Waals surface area contributed by atoms with E-state index in [9.17, 15) is 4.79 Å². The number of H-pyrrole nitrogens is 1. The molecule has 4 heteroatoms. The topological polar surface area (TPSA) is 44.9 Å². The average Bonchev–Trinajstić information content (AvgIpc) is 2.68. The van der Waals surface area contributed by atoms with Crippen LogP contribution in [0.3, 0.4) is 0 Å². The van der Waals surface area contributed by atoms with Crippen LogP contribution in [0.5, 0.6) is 0 Å². The van der Waals surface area contributed by atoms with E-state index < -0.39 is 0 Å². The van der Waals surface area contributed by atoms with Gasteiger partial charge in [0.15, 0.2) is 0 Å². The van der Waals surface area contributed by atoms with Crippen molar-refractivity contribution in [1.82, 2.24) is 10.3 Å². The van der Waals surface area contributed by atoms with Gasteiger partial charge in [-0.2, -0.15) is 0 Å². The highest BCUT2D eigenvalue weighted by Gasteiger charge is 2.06. The second-order valence-corrected chi connectivity index (χ2v) is 5.53. The molecule has 19 heavy (non-hydrogen) atoms. The zero-order valence-electron chi connectivity index (χ0n) is 11.1. The molecule has 3 nitrogen and oxygen atoms in total. The number of nitrogens with one attached hydrogen (secondary N) is 2. The van der Waals surface area contributed by atoms with Crippen LogP contribution in [0.2, 0.25) is 0 Å². The van der Waals surface area contributed by atoms with Gasteiger partial charge in [0.25, 0.3) is 5.91 Å². The first kappa shape index (κ1) is 13.9. The highest BCUT2D eigenvalue weighted by molar-refractivity contribution is 9.10. The summed E-state index contributed by atoms with van der Waals surface area (Å²) in [7, 11) is 0. The predicted octanol–water partition coefficient (Wildman–Crippen LogP) is 3.37. The zero-order valence-corrected chi connectivity index (χ0v) is 12.7. The molecule has 0 spiro atoms. The van der Waals surface area contributed by atoms with Gasteiger partial charge < -0.3 is 10.3 Å². The minimum absolute atomic E-state index is 0.0302. The molecule has 0 aliphatic rings. The number of hydrogen-bond acceptors (Lipinski definition) is 1. The van der Waals surface area contributed by atoms with Gasteiger partial charge >= 0.3 is 0 Å². The average molecular weight is 321 g/mol. The summed E-state index contributed by atoms with van der Waals surface area (Å²) in [5.74, 6) is -0.0302. The van der Waals surface area contributed by atoms with E-state index in [1.165, 1.54) is 11.3 Å². The van der Waals surface area contributed by atoms with Crippen molar-refractivity contribution >= 4 is 21.8 Å². The Morgan fingerprint density at radius 3 is 2.53 bits per heavy atom. The van der Waals surface area contributed by atoms with Crippen LogP contribution < -0.4 is 5.32 Å². The Balaban J connectivity index is 1.87. The lowest BCUT2D eigenvalue weighted by atomic mass is 10.1. The Bertz CT molecular complexity index is 572. The van der Waals surface area contributed by atoms with Crippen LogP contribution in [0.4, 0.5) is 0 Å². The molecule has 1 amide bonds. The summed E-state index contributed by atoms with van der Waals surface area (Å²) in [6, 6.07) is 9.49. The molecule has 0 radical (unpaired) electrons. The highest BCUT2D eigenvalue weighted by Crippen LogP contribution is 2.11. The number of benzene rings is 1. The lowest BCUT2D eigenvalue weighted by molar-refractivity contribution is 0.0954. The van der Waals surface area contributed by atoms with E-state index in [2.05, 4.69) is 39.2 Å². The van der Waals surface area contributed by atoms with Crippen molar-refractivity contribution in [2.24, 2.45) is 0 Å². The van der Waals surface area contributed by atoms with Gasteiger partial charge in [-0.1, -0.05) is 15.9 Å². The minimum atomic E-state index is -0.0302. The molecule has 0 atom stereocenters. The standard InChI is InChI=1S/C15H17BrN2O/c1-10-9-13(11(2)18-10)7-8-17-15(19)12-3-5-14(16)6-4-12/h3-6,9,18H,7-8H2,1-2H3,(H,17,19). The van der Waals surface area contributed by atoms with Crippen LogP contribution >= 0.6 is 15.9 Å². The van der Waals surface area contributed by atoms with E-state index in [4.69, 9.17) is 0 Å². The fourth-order valence-electron chi connectivity index (χ4n) is 2.06. The Labute approximate surface area is 121 Å². The van der Waals surface area contributed by atoms with E-state index in [-0.39, 0.29) is 5.91 Å². The number of carbonyl (C=O) groups excluding carboxylic acids is 1. The SMILES string of the molecule is Cc1cc(CCNC(=O)c2ccc(Br)cc2)c(C)[nH]1. The van der Waals surface area contributed by atoms with Gasteiger partial charge in [-0.05, 0) is 56.2 Å². The number of amides is 1. The summed E-state index contributed by atoms with van der Waals surface area (Å²) in [5.41, 5.74) is 4.28. The molecule has 1 aromatic carbocycles. The molecule has 2 aromatic rings. The van der Waals surface area contributed by atoms with Gasteiger partial charge in [0, 0.05) is 28.0 Å². The van der Waals surface area contributed by atoms with Crippen molar-refractivity contribution in [2.45, 2.75) is 20.3 Å². The second-order valence-electron chi connectivity index (χ2n) is 4.62. The highest BCUT2D eigenvalue weighted by atomic mass is 79.9. The molecular formula is C15H17BrN2O. The molecule has 0 saturated heterocycles. The fraction of sp³-hybridized carbons (Fsp3) is 0.267. The molecule has 2 N–H and O–H groups in total. The van der Waals surface area contributed by atoms with Crippen LogP contribution in [0.1, 0.15) is 27.3 Å². The molecule has 0 fully saturated rings. The van der Waals surface area contributed by atoms with Gasteiger partial charge in [0.2, 0.25) is 0 Å². The van der Waals surface area contributed by atoms with E-state index in [0.717, 1.165) is 16.6 Å². The first-order valence-corrected chi connectivity index (χ1v) is 7.04. The van der Waals surface area contributed by atoms with Crippen molar-refractivity contribution in [1.29, 1.82) is 0 Å². The number of aryl methyl sites for hydroxylation is 2. The summed E-state index contributed by atoms with van der Waals surface area (Å²) in [6.45, 7) is 4.74. The monoisotopic (exact) mass is 320 g/mol. The van der Waals surface area contributed by atoms with Crippen molar-refractivity contribution in [3.63, 3.8) is 0 Å². The number of rotatable bonds is 4. The third-order valence-electron chi connectivity index (χ3n) is 3.04. The third kappa shape index (κ3) is 3.70. The molecule has 1 heterocycles. The van der Waals surface area contributed by atoms with Gasteiger partial charge in [-0.15, -0.1) is 0 Å². The van der Waals surface area contributed by atoms with Crippen molar-refractivity contribution in [3.8, 4) is 0 Å². The molecule has 0 bridgehead atoms. The molecule has 1 aromatic heterocycles. The van der Waals surface area contributed by atoms with E-state index >= 15 is 0 Å². The van der Waals surface area contributed by atoms with E-state index in [1.807, 2.05) is 31.2 Å². The van der Waals surface area contributed by atoms with Crippen molar-refractivity contribution < 1.29 is 4.79 Å². The lowest BCUT2D eigenvalue weighted by Gasteiger charge is -2.05. The van der Waals surface area contributed by atoms with Gasteiger partial charge in [0.05, 0.1) is 0 Å². The Hall–Kier alpha value is -1.55. The summed E-state index contributed by atoms with van der Waals surface area (Å²) >= 11 is 3.35. The molecule has 0 aliphatic heterocycles. The third-order valence-corrected chi connectivity index (χ3v) is 3.57. The number of halogens is 1. The Morgan fingerprint density at radius 1 is 1.26 bits per heavy atom. The van der Waals surface area contributed by atoms with Gasteiger partial charge in [-0.25, -0.2) is 0 Å². The lowest BCUT2D eigenvalue weighted by Crippen LogP contribution is -2.25.